The van der Waals surface area contributed by atoms with Gasteiger partial charge in [-0.3, -0.25) is 4.79 Å². The van der Waals surface area contributed by atoms with Crippen LogP contribution in [-0.2, 0) is 4.79 Å². The highest BCUT2D eigenvalue weighted by atomic mass is 35.5. The van der Waals surface area contributed by atoms with E-state index in [2.05, 4.69) is 22.4 Å². The Morgan fingerprint density at radius 1 is 1.15 bits per heavy atom. The van der Waals surface area contributed by atoms with E-state index in [1.807, 2.05) is 6.07 Å². The van der Waals surface area contributed by atoms with Gasteiger partial charge in [0.15, 0.2) is 0 Å². The maximum Gasteiger partial charge on any atom is 0.223 e. The average Bonchev–Trinajstić information content (AvgIpc) is 3.30. The van der Waals surface area contributed by atoms with Gasteiger partial charge in [0, 0.05) is 38.2 Å². The van der Waals surface area contributed by atoms with E-state index in [0.29, 0.717) is 21.9 Å². The number of amides is 1. The summed E-state index contributed by atoms with van der Waals surface area (Å²) < 4.78 is 6.03. The molecule has 4 nitrogen and oxygen atoms in total. The molecule has 3 unspecified atom stereocenters. The first kappa shape index (κ1) is 19.1. The van der Waals surface area contributed by atoms with Crippen LogP contribution in [0.15, 0.2) is 30.4 Å². The molecule has 0 aromatic heterocycles. The van der Waals surface area contributed by atoms with Crippen molar-refractivity contribution in [1.82, 2.24) is 10.2 Å². The molecule has 1 saturated heterocycles. The Morgan fingerprint density at radius 3 is 2.63 bits per heavy atom. The third kappa shape index (κ3) is 4.61. The Hall–Kier alpha value is -1.23. The summed E-state index contributed by atoms with van der Waals surface area (Å²) >= 11 is 12.0. The fourth-order valence-corrected chi connectivity index (χ4v) is 4.83. The lowest BCUT2D eigenvalue weighted by molar-refractivity contribution is -0.125. The molecule has 1 aromatic rings. The van der Waals surface area contributed by atoms with Crippen LogP contribution in [0.1, 0.15) is 25.7 Å². The molecule has 0 radical (unpaired) electrons. The minimum absolute atomic E-state index is 0.199. The van der Waals surface area contributed by atoms with Crippen LogP contribution in [-0.4, -0.2) is 43.1 Å². The minimum atomic E-state index is 0.199. The average molecular weight is 409 g/mol. The number of halogens is 2. The molecule has 27 heavy (non-hydrogen) atoms. The third-order valence-corrected chi connectivity index (χ3v) is 6.81. The van der Waals surface area contributed by atoms with Gasteiger partial charge in [0.25, 0.3) is 0 Å². The second-order valence-corrected chi connectivity index (χ2v) is 8.73. The molecule has 3 atom stereocenters. The van der Waals surface area contributed by atoms with Crippen LogP contribution in [0, 0.1) is 17.8 Å². The fourth-order valence-electron chi connectivity index (χ4n) is 4.54. The quantitative estimate of drug-likeness (QED) is 0.718. The summed E-state index contributed by atoms with van der Waals surface area (Å²) in [4.78, 5) is 14.8. The number of nitrogens with one attached hydrogen (secondary N) is 1. The highest BCUT2D eigenvalue weighted by Crippen LogP contribution is 2.43. The summed E-state index contributed by atoms with van der Waals surface area (Å²) in [6.07, 6.45) is 8.87. The van der Waals surface area contributed by atoms with E-state index >= 15 is 0 Å². The van der Waals surface area contributed by atoms with Crippen LogP contribution in [0.4, 0.5) is 0 Å². The molecule has 2 bridgehead atoms. The number of likely N-dealkylation sites (tertiary alicyclic amines) is 1. The lowest BCUT2D eigenvalue weighted by Crippen LogP contribution is -2.43. The molecule has 6 heteroatoms. The van der Waals surface area contributed by atoms with Crippen molar-refractivity contribution in [1.29, 1.82) is 0 Å². The number of carbonyl (C=O) groups excluding carboxylic acids is 1. The van der Waals surface area contributed by atoms with Crippen LogP contribution >= 0.6 is 23.2 Å². The SMILES string of the molecule is O=C(NCCN1CCC(Oc2ccc(Cl)c(Cl)c2)CC1)C1CC2C=CC1C2. The maximum absolute atomic E-state index is 12.4. The molecule has 1 aliphatic heterocycles. The minimum Gasteiger partial charge on any atom is -0.490 e. The number of carbonyl (C=O) groups is 1. The van der Waals surface area contributed by atoms with Gasteiger partial charge in [-0.25, -0.2) is 0 Å². The van der Waals surface area contributed by atoms with Gasteiger partial charge in [0.2, 0.25) is 5.91 Å². The van der Waals surface area contributed by atoms with E-state index in [4.69, 9.17) is 27.9 Å². The van der Waals surface area contributed by atoms with Gasteiger partial charge < -0.3 is 15.0 Å². The molecule has 4 rings (SSSR count). The number of allylic oxidation sites excluding steroid dienone is 2. The van der Waals surface area contributed by atoms with Crippen LogP contribution in [0.5, 0.6) is 5.75 Å². The topological polar surface area (TPSA) is 41.6 Å². The van der Waals surface area contributed by atoms with E-state index in [0.717, 1.165) is 51.2 Å². The number of hydrogen-bond acceptors (Lipinski definition) is 3. The first-order valence-corrected chi connectivity index (χ1v) is 10.6. The van der Waals surface area contributed by atoms with E-state index < -0.39 is 0 Å². The predicted molar refractivity (Wildman–Crippen MR) is 108 cm³/mol. The first-order chi connectivity index (χ1) is 13.1. The van der Waals surface area contributed by atoms with Crippen LogP contribution in [0.2, 0.25) is 10.0 Å². The molecular formula is C21H26Cl2N2O2. The molecule has 1 amide bonds. The van der Waals surface area contributed by atoms with E-state index in [1.54, 1.807) is 12.1 Å². The molecular weight excluding hydrogens is 383 g/mol. The van der Waals surface area contributed by atoms with Gasteiger partial charge in [-0.1, -0.05) is 35.4 Å². The van der Waals surface area contributed by atoms with Gasteiger partial charge in [0.05, 0.1) is 10.0 Å². The van der Waals surface area contributed by atoms with Gasteiger partial charge >= 0.3 is 0 Å². The van der Waals surface area contributed by atoms with Crippen molar-refractivity contribution >= 4 is 29.1 Å². The zero-order valence-corrected chi connectivity index (χ0v) is 16.9. The van der Waals surface area contributed by atoms with Crippen LogP contribution in [0.25, 0.3) is 0 Å². The van der Waals surface area contributed by atoms with E-state index in [9.17, 15) is 4.79 Å². The number of fused-ring (bicyclic) bond motifs is 2. The Morgan fingerprint density at radius 2 is 1.96 bits per heavy atom. The van der Waals surface area contributed by atoms with Crippen LogP contribution in [0.3, 0.4) is 0 Å². The molecule has 1 saturated carbocycles. The van der Waals surface area contributed by atoms with Crippen molar-refractivity contribution in [2.24, 2.45) is 17.8 Å². The normalized spacial score (nSPS) is 27.9. The number of benzene rings is 1. The Kier molecular flexibility index (Phi) is 5.96. The largest absolute Gasteiger partial charge is 0.490 e. The summed E-state index contributed by atoms with van der Waals surface area (Å²) in [7, 11) is 0. The van der Waals surface area contributed by atoms with Crippen molar-refractivity contribution in [3.8, 4) is 5.75 Å². The molecule has 2 aliphatic carbocycles. The van der Waals surface area contributed by atoms with Crippen molar-refractivity contribution in [2.75, 3.05) is 26.2 Å². The lowest BCUT2D eigenvalue weighted by Gasteiger charge is -2.32. The predicted octanol–water partition coefficient (Wildman–Crippen LogP) is 4.17. The number of ether oxygens (including phenoxy) is 1. The molecule has 1 aromatic carbocycles. The lowest BCUT2D eigenvalue weighted by atomic mass is 9.93. The standard InChI is InChI=1S/C21H26Cl2N2O2/c22-19-4-3-17(13-20(19)23)27-16-5-8-25(9-6-16)10-7-24-21(26)18-12-14-1-2-15(18)11-14/h1-4,13-16,18H,5-12H2,(H,24,26). The van der Waals surface area contributed by atoms with Gasteiger partial charge in [0.1, 0.15) is 11.9 Å². The smallest absolute Gasteiger partial charge is 0.223 e. The van der Waals surface area contributed by atoms with Crippen LogP contribution < -0.4 is 10.1 Å². The summed E-state index contributed by atoms with van der Waals surface area (Å²) in [5.41, 5.74) is 0. The zero-order chi connectivity index (χ0) is 18.8. The van der Waals surface area contributed by atoms with Gasteiger partial charge in [-0.15, -0.1) is 0 Å². The molecule has 146 valence electrons. The Balaban J connectivity index is 1.15. The Bertz CT molecular complexity index is 716. The number of nitrogens with zero attached hydrogens (tertiary/aromatic N) is 1. The summed E-state index contributed by atoms with van der Waals surface area (Å²) in [6, 6.07) is 5.40. The third-order valence-electron chi connectivity index (χ3n) is 6.07. The van der Waals surface area contributed by atoms with Gasteiger partial charge in [-0.05, 0) is 49.7 Å². The van der Waals surface area contributed by atoms with Crippen molar-refractivity contribution < 1.29 is 9.53 Å². The van der Waals surface area contributed by atoms with E-state index in [1.165, 1.54) is 6.42 Å². The van der Waals surface area contributed by atoms with Gasteiger partial charge in [-0.2, -0.15) is 0 Å². The Labute approximate surface area is 170 Å². The highest BCUT2D eigenvalue weighted by molar-refractivity contribution is 6.42. The first-order valence-electron chi connectivity index (χ1n) is 9.88. The molecule has 3 aliphatic rings. The molecule has 2 fully saturated rings. The van der Waals surface area contributed by atoms with E-state index in [-0.39, 0.29) is 17.9 Å². The molecule has 1 N–H and O–H groups in total. The summed E-state index contributed by atoms with van der Waals surface area (Å²) in [6.45, 7) is 3.61. The van der Waals surface area contributed by atoms with Crippen molar-refractivity contribution in [3.63, 3.8) is 0 Å². The second-order valence-electron chi connectivity index (χ2n) is 7.91. The van der Waals surface area contributed by atoms with Crippen molar-refractivity contribution in [3.05, 3.63) is 40.4 Å². The molecule has 0 spiro atoms. The monoisotopic (exact) mass is 408 g/mol. The fraction of sp³-hybridized carbons (Fsp3) is 0.571. The maximum atomic E-state index is 12.4. The summed E-state index contributed by atoms with van der Waals surface area (Å²) in [5, 5.41) is 4.21. The number of hydrogen-bond donors (Lipinski definition) is 1. The number of piperidine rings is 1. The molecule has 1 heterocycles. The number of rotatable bonds is 6. The second kappa shape index (κ2) is 8.42. The summed E-state index contributed by atoms with van der Waals surface area (Å²) in [5.74, 6) is 2.33. The van der Waals surface area contributed by atoms with Crippen molar-refractivity contribution in [2.45, 2.75) is 31.8 Å². The highest BCUT2D eigenvalue weighted by Gasteiger charge is 2.39. The zero-order valence-electron chi connectivity index (χ0n) is 15.4.